The fraction of sp³-hybridized carbons (Fsp3) is 0.143. The molecule has 0 radical (unpaired) electrons. The van der Waals surface area contributed by atoms with Crippen LogP contribution in [0, 0.1) is 0 Å². The molecule has 0 spiro atoms. The Labute approximate surface area is 169 Å². The maximum atomic E-state index is 12.6. The van der Waals surface area contributed by atoms with Gasteiger partial charge in [0.05, 0.1) is 41.5 Å². The predicted molar refractivity (Wildman–Crippen MR) is 89.1 cm³/mol. The number of hydrogen-bond donors (Lipinski definition) is 1. The third-order valence-corrected chi connectivity index (χ3v) is 3.48. The van der Waals surface area contributed by atoms with Crippen molar-refractivity contribution < 1.29 is 24.2 Å². The van der Waals surface area contributed by atoms with Crippen LogP contribution in [-0.4, -0.2) is 70.6 Å². The summed E-state index contributed by atoms with van der Waals surface area (Å²) in [5, 5.41) is 9.08. The zero-order valence-electron chi connectivity index (χ0n) is 12.0. The Hall–Kier alpha value is -1.38. The second-order valence-corrected chi connectivity index (χ2v) is 5.00. The molecule has 1 heterocycles. The van der Waals surface area contributed by atoms with Crippen LogP contribution in [0.1, 0.15) is 26.5 Å². The number of aromatic nitrogens is 2. The number of hydrogen-bond acceptors (Lipinski definition) is 6. The van der Waals surface area contributed by atoms with Gasteiger partial charge in [0.15, 0.2) is 0 Å². The van der Waals surface area contributed by atoms with Crippen molar-refractivity contribution in [3.63, 3.8) is 0 Å². The van der Waals surface area contributed by atoms with Crippen LogP contribution in [0.15, 0.2) is 18.2 Å². The molecule has 0 atom stereocenters. The first-order chi connectivity index (χ1) is 10.9. The number of benzene rings is 1. The van der Waals surface area contributed by atoms with Gasteiger partial charge in [-0.15, -0.1) is 0 Å². The molecule has 122 valence electrons. The molecule has 10 heteroatoms. The van der Waals surface area contributed by atoms with Crippen LogP contribution in [0.4, 0.5) is 0 Å². The SMILES string of the molecule is COc1cc(OC)nc(C(=O)c2c(Cl)ccc(Cl)c2C(=O)O)n1.[NaH]. The number of methoxy groups -OCH3 is 2. The summed E-state index contributed by atoms with van der Waals surface area (Å²) < 4.78 is 9.91. The Morgan fingerprint density at radius 3 is 1.88 bits per heavy atom. The van der Waals surface area contributed by atoms with E-state index in [4.69, 9.17) is 32.7 Å². The summed E-state index contributed by atoms with van der Waals surface area (Å²) in [7, 11) is 2.70. The van der Waals surface area contributed by atoms with Gasteiger partial charge in [0.25, 0.3) is 0 Å². The molecule has 0 aliphatic heterocycles. The van der Waals surface area contributed by atoms with Gasteiger partial charge in [-0.05, 0) is 12.1 Å². The van der Waals surface area contributed by atoms with Gasteiger partial charge in [0.1, 0.15) is 0 Å². The van der Waals surface area contributed by atoms with Crippen LogP contribution in [0.25, 0.3) is 0 Å². The van der Waals surface area contributed by atoms with Crippen molar-refractivity contribution in [1.29, 1.82) is 0 Å². The van der Waals surface area contributed by atoms with Gasteiger partial charge in [0, 0.05) is 0 Å². The summed E-state index contributed by atoms with van der Waals surface area (Å²) in [5.41, 5.74) is -0.725. The number of aromatic carboxylic acids is 1. The first-order valence-corrected chi connectivity index (χ1v) is 6.87. The van der Waals surface area contributed by atoms with Crippen molar-refractivity contribution in [2.45, 2.75) is 0 Å². The van der Waals surface area contributed by atoms with Crippen molar-refractivity contribution in [1.82, 2.24) is 9.97 Å². The molecule has 0 saturated heterocycles. The van der Waals surface area contributed by atoms with Crippen molar-refractivity contribution >= 4 is 64.5 Å². The number of ether oxygens (including phenoxy) is 2. The number of carboxylic acid groups (broad SMARTS) is 1. The molecule has 0 fully saturated rings. The molecule has 1 aromatic carbocycles. The van der Waals surface area contributed by atoms with Crippen molar-refractivity contribution in [3.05, 3.63) is 45.2 Å². The quantitative estimate of drug-likeness (QED) is 0.626. The van der Waals surface area contributed by atoms with Crippen LogP contribution in [0.5, 0.6) is 11.8 Å². The molecule has 0 aliphatic rings. The average Bonchev–Trinajstić information content (AvgIpc) is 2.55. The molecule has 0 bridgehead atoms. The Morgan fingerprint density at radius 2 is 1.46 bits per heavy atom. The Balaban J connectivity index is 0.00000288. The van der Waals surface area contributed by atoms with Crippen LogP contribution in [-0.2, 0) is 0 Å². The van der Waals surface area contributed by atoms with Gasteiger partial charge < -0.3 is 14.6 Å². The summed E-state index contributed by atoms with van der Waals surface area (Å²) in [5.74, 6) is -2.37. The van der Waals surface area contributed by atoms with Gasteiger partial charge in [-0.25, -0.2) is 4.79 Å². The van der Waals surface area contributed by atoms with Crippen LogP contribution in [0.3, 0.4) is 0 Å². The molecule has 2 aromatic rings. The van der Waals surface area contributed by atoms with Crippen molar-refractivity contribution in [2.24, 2.45) is 0 Å². The van der Waals surface area contributed by atoms with Crippen molar-refractivity contribution in [2.75, 3.05) is 14.2 Å². The number of ketones is 1. The molecule has 0 unspecified atom stereocenters. The third-order valence-electron chi connectivity index (χ3n) is 2.85. The van der Waals surface area contributed by atoms with E-state index >= 15 is 0 Å². The van der Waals surface area contributed by atoms with E-state index in [0.717, 1.165) is 0 Å². The summed E-state index contributed by atoms with van der Waals surface area (Å²) in [4.78, 5) is 31.8. The number of carbonyl (C=O) groups is 2. The number of rotatable bonds is 5. The Morgan fingerprint density at radius 1 is 1.00 bits per heavy atom. The van der Waals surface area contributed by atoms with Gasteiger partial charge in [-0.2, -0.15) is 9.97 Å². The van der Waals surface area contributed by atoms with Gasteiger partial charge in [-0.3, -0.25) is 4.79 Å². The molecular weight excluding hydrogens is 370 g/mol. The fourth-order valence-electron chi connectivity index (χ4n) is 1.81. The molecule has 2 rings (SSSR count). The molecule has 1 N–H and O–H groups in total. The van der Waals surface area contributed by atoms with E-state index < -0.39 is 17.3 Å². The van der Waals surface area contributed by atoms with Gasteiger partial charge in [0.2, 0.25) is 23.4 Å². The second kappa shape index (κ2) is 8.64. The van der Waals surface area contributed by atoms with Crippen LogP contribution in [0.2, 0.25) is 10.0 Å². The summed E-state index contributed by atoms with van der Waals surface area (Å²) in [6, 6.07) is 3.98. The van der Waals surface area contributed by atoms with Crippen molar-refractivity contribution in [3.8, 4) is 11.8 Å². The normalized spacial score (nSPS) is 9.83. The molecule has 0 amide bonds. The number of halogens is 2. The molecule has 7 nitrogen and oxygen atoms in total. The molecule has 1 aromatic heterocycles. The van der Waals surface area contributed by atoms with E-state index in [0.29, 0.717) is 0 Å². The maximum absolute atomic E-state index is 12.6. The number of carbonyl (C=O) groups excluding carboxylic acids is 1. The monoisotopic (exact) mass is 380 g/mol. The predicted octanol–water partition coefficient (Wildman–Crippen LogP) is 2.08. The minimum atomic E-state index is -1.39. The molecule has 0 aliphatic carbocycles. The summed E-state index contributed by atoms with van der Waals surface area (Å²) in [6.45, 7) is 0. The zero-order valence-corrected chi connectivity index (χ0v) is 13.5. The second-order valence-electron chi connectivity index (χ2n) is 4.19. The first-order valence-electron chi connectivity index (χ1n) is 6.12. The molecule has 0 saturated carbocycles. The van der Waals surface area contributed by atoms with E-state index in [2.05, 4.69) is 9.97 Å². The number of carboxylic acids is 1. The van der Waals surface area contributed by atoms with Gasteiger partial charge >= 0.3 is 35.5 Å². The van der Waals surface area contributed by atoms with E-state index in [1.54, 1.807) is 0 Å². The topological polar surface area (TPSA) is 98.6 Å². The van der Waals surface area contributed by atoms with Crippen LogP contribution >= 0.6 is 23.2 Å². The Kier molecular flexibility index (Phi) is 7.44. The van der Waals surface area contributed by atoms with E-state index in [1.807, 2.05) is 0 Å². The summed E-state index contributed by atoms with van der Waals surface area (Å²) in [6.07, 6.45) is 0. The fourth-order valence-corrected chi connectivity index (χ4v) is 2.29. The number of nitrogens with zero attached hydrogens (tertiary/aromatic N) is 2. The molecule has 24 heavy (non-hydrogen) atoms. The summed E-state index contributed by atoms with van der Waals surface area (Å²) >= 11 is 11.8. The first kappa shape index (κ1) is 20.7. The van der Waals surface area contributed by atoms with E-state index in [1.165, 1.54) is 32.4 Å². The molecular formula is C14H11Cl2N2NaO5. The standard InChI is InChI=1S/C14H10Cl2N2O5.Na.H/c1-22-8-5-9(23-2)18-13(17-8)12(19)10-6(15)3-4-7(16)11(10)14(20)21;;/h3-5H,1-2H3,(H,20,21);;. The average molecular weight is 381 g/mol. The van der Waals surface area contributed by atoms with E-state index in [-0.39, 0.29) is 62.8 Å². The van der Waals surface area contributed by atoms with E-state index in [9.17, 15) is 14.7 Å². The van der Waals surface area contributed by atoms with Gasteiger partial charge in [-0.1, -0.05) is 23.2 Å². The minimum absolute atomic E-state index is 0. The Bertz CT molecular complexity index is 779. The third kappa shape index (κ3) is 4.17. The van der Waals surface area contributed by atoms with Crippen LogP contribution < -0.4 is 9.47 Å². The zero-order chi connectivity index (χ0) is 17.1.